The van der Waals surface area contributed by atoms with Crippen LogP contribution in [0.4, 0.5) is 5.69 Å². The topological polar surface area (TPSA) is 73.3 Å². The zero-order chi connectivity index (χ0) is 23.4. The van der Waals surface area contributed by atoms with Crippen LogP contribution >= 0.6 is 0 Å². The maximum atomic E-state index is 13.0. The molecule has 6 nitrogen and oxygen atoms in total. The Balaban J connectivity index is 1.54. The lowest BCUT2D eigenvalue weighted by molar-refractivity contribution is 0.102. The van der Waals surface area contributed by atoms with E-state index in [1.807, 2.05) is 60.7 Å². The molecule has 6 heteroatoms. The molecular weight excluding hydrogens is 414 g/mol. The molecule has 0 unspecified atom stereocenters. The highest BCUT2D eigenvalue weighted by molar-refractivity contribution is 6.13. The highest BCUT2D eigenvalue weighted by atomic mass is 16.5. The molecule has 4 rings (SSSR count). The molecule has 0 aliphatic rings. The third-order valence-corrected chi connectivity index (χ3v) is 5.30. The van der Waals surface area contributed by atoms with Gasteiger partial charge in [-0.25, -0.2) is 4.98 Å². The van der Waals surface area contributed by atoms with Crippen molar-refractivity contribution in [1.82, 2.24) is 9.97 Å². The molecule has 1 N–H and O–H groups in total. The molecule has 33 heavy (non-hydrogen) atoms. The number of hydrogen-bond acceptors (Lipinski definition) is 5. The molecular formula is C27H27N3O3. The van der Waals surface area contributed by atoms with E-state index in [0.29, 0.717) is 17.9 Å². The second-order valence-electron chi connectivity index (χ2n) is 8.84. The number of anilines is 1. The Labute approximate surface area is 193 Å². The number of aromatic nitrogens is 2. The average Bonchev–Trinajstić information content (AvgIpc) is 2.79. The van der Waals surface area contributed by atoms with Crippen molar-refractivity contribution in [2.75, 3.05) is 12.4 Å². The molecule has 0 aliphatic carbocycles. The largest absolute Gasteiger partial charge is 0.424 e. The van der Waals surface area contributed by atoms with Gasteiger partial charge in [-0.1, -0.05) is 45.0 Å². The lowest BCUT2D eigenvalue weighted by atomic mass is 9.87. The molecule has 0 saturated heterocycles. The Morgan fingerprint density at radius 3 is 2.52 bits per heavy atom. The number of hydrogen-bond donors (Lipinski definition) is 1. The number of carbonyl (C=O) groups is 1. The van der Waals surface area contributed by atoms with Crippen LogP contribution in [0.2, 0.25) is 0 Å². The molecule has 168 valence electrons. The number of nitrogens with zero attached hydrogens (tertiary/aromatic N) is 2. The van der Waals surface area contributed by atoms with Crippen LogP contribution < -0.4 is 10.1 Å². The van der Waals surface area contributed by atoms with E-state index in [4.69, 9.17) is 9.47 Å². The molecule has 0 aliphatic heterocycles. The zero-order valence-electron chi connectivity index (χ0n) is 19.3. The fourth-order valence-electron chi connectivity index (χ4n) is 3.53. The highest BCUT2D eigenvalue weighted by Gasteiger charge is 2.15. The summed E-state index contributed by atoms with van der Waals surface area (Å²) in [5, 5.41) is 4.72. The Kier molecular flexibility index (Phi) is 6.38. The van der Waals surface area contributed by atoms with Crippen LogP contribution in [0, 0.1) is 0 Å². The van der Waals surface area contributed by atoms with Crippen LogP contribution in [0.5, 0.6) is 11.8 Å². The predicted octanol–water partition coefficient (Wildman–Crippen LogP) is 6.12. The van der Waals surface area contributed by atoms with Crippen LogP contribution in [0.3, 0.4) is 0 Å². The summed E-state index contributed by atoms with van der Waals surface area (Å²) in [6.45, 7) is 6.87. The smallest absolute Gasteiger partial charge is 0.322 e. The van der Waals surface area contributed by atoms with Crippen molar-refractivity contribution in [3.8, 4) is 11.8 Å². The van der Waals surface area contributed by atoms with Gasteiger partial charge in [0.25, 0.3) is 5.91 Å². The quantitative estimate of drug-likeness (QED) is 0.390. The predicted molar refractivity (Wildman–Crippen MR) is 130 cm³/mol. The normalized spacial score (nSPS) is 11.4. The van der Waals surface area contributed by atoms with Gasteiger partial charge in [0, 0.05) is 24.6 Å². The number of rotatable bonds is 6. The Morgan fingerprint density at radius 1 is 1.00 bits per heavy atom. The summed E-state index contributed by atoms with van der Waals surface area (Å²) < 4.78 is 10.9. The summed E-state index contributed by atoms with van der Waals surface area (Å²) in [5.41, 5.74) is 3.37. The van der Waals surface area contributed by atoms with Crippen LogP contribution in [0.15, 0.2) is 72.9 Å². The van der Waals surface area contributed by atoms with Gasteiger partial charge in [-0.2, -0.15) is 4.98 Å². The van der Waals surface area contributed by atoms with Gasteiger partial charge in [-0.3, -0.25) is 4.79 Å². The number of benzene rings is 3. The van der Waals surface area contributed by atoms with E-state index >= 15 is 0 Å². The molecule has 0 radical (unpaired) electrons. The van der Waals surface area contributed by atoms with Gasteiger partial charge in [0.05, 0.1) is 12.3 Å². The number of nitrogens with one attached hydrogen (secondary N) is 1. The minimum atomic E-state index is -0.159. The minimum absolute atomic E-state index is 0.0636. The molecule has 3 aromatic carbocycles. The van der Waals surface area contributed by atoms with E-state index < -0.39 is 0 Å². The fourth-order valence-corrected chi connectivity index (χ4v) is 3.53. The fraction of sp³-hybridized carbons (Fsp3) is 0.222. The van der Waals surface area contributed by atoms with Gasteiger partial charge in [0.15, 0.2) is 0 Å². The van der Waals surface area contributed by atoms with Crippen molar-refractivity contribution < 1.29 is 14.3 Å². The molecule has 0 fully saturated rings. The van der Waals surface area contributed by atoms with Gasteiger partial charge in [0.1, 0.15) is 5.75 Å². The van der Waals surface area contributed by atoms with E-state index in [0.717, 1.165) is 22.2 Å². The Hall–Kier alpha value is -3.77. The molecule has 1 heterocycles. The average molecular weight is 442 g/mol. The first-order chi connectivity index (χ1) is 15.8. The van der Waals surface area contributed by atoms with Gasteiger partial charge in [0.2, 0.25) is 0 Å². The number of ether oxygens (including phenoxy) is 2. The first-order valence-corrected chi connectivity index (χ1v) is 10.8. The Bertz CT molecular complexity index is 1280. The summed E-state index contributed by atoms with van der Waals surface area (Å²) in [7, 11) is 1.61. The lowest BCUT2D eigenvalue weighted by Crippen LogP contribution is -2.14. The third kappa shape index (κ3) is 5.35. The molecule has 1 amide bonds. The Morgan fingerprint density at radius 2 is 1.79 bits per heavy atom. The van der Waals surface area contributed by atoms with E-state index in [2.05, 4.69) is 36.1 Å². The monoisotopic (exact) mass is 441 g/mol. The van der Waals surface area contributed by atoms with E-state index in [1.54, 1.807) is 19.4 Å². The van der Waals surface area contributed by atoms with Crippen LogP contribution in [-0.2, 0) is 16.8 Å². The maximum absolute atomic E-state index is 13.0. The minimum Gasteiger partial charge on any atom is -0.424 e. The molecule has 0 bridgehead atoms. The maximum Gasteiger partial charge on any atom is 0.322 e. The standard InChI is InChI=1S/C27H27N3O3/c1-27(2,3)19-8-10-20(11-9-19)29-25(31)24-7-5-6-18-16-22(12-13-23(18)24)33-26-28-15-14-21(30-26)17-32-4/h5-16H,17H2,1-4H3,(H,29,31). The number of amides is 1. The van der Waals surface area contributed by atoms with Crippen molar-refractivity contribution in [2.45, 2.75) is 32.8 Å². The van der Waals surface area contributed by atoms with E-state index in [9.17, 15) is 4.79 Å². The van der Waals surface area contributed by atoms with Crippen molar-refractivity contribution in [3.63, 3.8) is 0 Å². The van der Waals surface area contributed by atoms with Crippen LogP contribution in [0.1, 0.15) is 42.4 Å². The van der Waals surface area contributed by atoms with Gasteiger partial charge >= 0.3 is 6.01 Å². The lowest BCUT2D eigenvalue weighted by Gasteiger charge is -2.19. The first-order valence-electron chi connectivity index (χ1n) is 10.8. The summed E-state index contributed by atoms with van der Waals surface area (Å²) in [5.74, 6) is 0.431. The summed E-state index contributed by atoms with van der Waals surface area (Å²) >= 11 is 0. The highest BCUT2D eigenvalue weighted by Crippen LogP contribution is 2.28. The molecule has 0 atom stereocenters. The molecule has 1 aromatic heterocycles. The second kappa shape index (κ2) is 9.38. The van der Waals surface area contributed by atoms with Crippen molar-refractivity contribution >= 4 is 22.4 Å². The van der Waals surface area contributed by atoms with Crippen LogP contribution in [0.25, 0.3) is 10.8 Å². The second-order valence-corrected chi connectivity index (χ2v) is 8.84. The molecule has 4 aromatic rings. The number of fused-ring (bicyclic) bond motifs is 1. The summed E-state index contributed by atoms with van der Waals surface area (Å²) in [6, 6.07) is 21.2. The van der Waals surface area contributed by atoms with E-state index in [-0.39, 0.29) is 17.3 Å². The van der Waals surface area contributed by atoms with Crippen molar-refractivity contribution in [1.29, 1.82) is 0 Å². The van der Waals surface area contributed by atoms with Crippen LogP contribution in [-0.4, -0.2) is 23.0 Å². The van der Waals surface area contributed by atoms with Gasteiger partial charge < -0.3 is 14.8 Å². The first kappa shape index (κ1) is 22.4. The molecule has 0 saturated carbocycles. The molecule has 0 spiro atoms. The van der Waals surface area contributed by atoms with Gasteiger partial charge in [-0.05, 0) is 64.2 Å². The zero-order valence-corrected chi connectivity index (χ0v) is 19.3. The van der Waals surface area contributed by atoms with E-state index in [1.165, 1.54) is 5.56 Å². The van der Waals surface area contributed by atoms with Crippen molar-refractivity contribution in [3.05, 3.63) is 89.7 Å². The van der Waals surface area contributed by atoms with Crippen molar-refractivity contribution in [2.24, 2.45) is 0 Å². The third-order valence-electron chi connectivity index (χ3n) is 5.30. The summed E-state index contributed by atoms with van der Waals surface area (Å²) in [4.78, 5) is 21.5. The summed E-state index contributed by atoms with van der Waals surface area (Å²) in [6.07, 6.45) is 1.63. The van der Waals surface area contributed by atoms with Gasteiger partial charge in [-0.15, -0.1) is 0 Å². The number of methoxy groups -OCH3 is 1. The SMILES string of the molecule is COCc1ccnc(Oc2ccc3c(C(=O)Nc4ccc(C(C)(C)C)cc4)cccc3c2)n1. The number of carbonyl (C=O) groups excluding carboxylic acids is 1.